The summed E-state index contributed by atoms with van der Waals surface area (Å²) in [6.45, 7) is 1.86. The first-order valence-corrected chi connectivity index (χ1v) is 8.86. The average Bonchev–Trinajstić information content (AvgIpc) is 3.22. The second-order valence-corrected chi connectivity index (χ2v) is 7.17. The number of halogens is 2. The van der Waals surface area contributed by atoms with E-state index in [1.165, 1.54) is 16.2 Å². The van der Waals surface area contributed by atoms with E-state index in [-0.39, 0.29) is 18.7 Å². The lowest BCUT2D eigenvalue weighted by atomic mass is 10.0. The Hall–Kier alpha value is -3.03. The minimum absolute atomic E-state index is 0.0267. The molecule has 0 amide bonds. The lowest BCUT2D eigenvalue weighted by molar-refractivity contribution is 0.0600. The van der Waals surface area contributed by atoms with Crippen LogP contribution in [0.4, 0.5) is 8.78 Å². The van der Waals surface area contributed by atoms with Crippen LogP contribution in [0.2, 0.25) is 0 Å². The number of pyridine rings is 1. The van der Waals surface area contributed by atoms with E-state index >= 15 is 0 Å². The first-order valence-electron chi connectivity index (χ1n) is 8.86. The van der Waals surface area contributed by atoms with Crippen molar-refractivity contribution in [1.82, 2.24) is 14.1 Å². The van der Waals surface area contributed by atoms with Crippen LogP contribution in [-0.4, -0.2) is 33.1 Å². The maximum absolute atomic E-state index is 13.3. The molecule has 28 heavy (non-hydrogen) atoms. The summed E-state index contributed by atoms with van der Waals surface area (Å²) in [6.07, 6.45) is -0.194. The van der Waals surface area contributed by atoms with Crippen LogP contribution in [-0.2, 0) is 18.3 Å². The topological polar surface area (TPSA) is 66.1 Å². The number of methoxy groups -OCH3 is 1. The number of hydrogen-bond acceptors (Lipinski definition) is 4. The van der Waals surface area contributed by atoms with Crippen LogP contribution in [0.5, 0.6) is 0 Å². The van der Waals surface area contributed by atoms with Crippen molar-refractivity contribution in [2.75, 3.05) is 7.11 Å². The highest BCUT2D eigenvalue weighted by Crippen LogP contribution is 2.49. The molecule has 0 N–H and O–H groups in total. The monoisotopic (exact) mass is 387 g/mol. The van der Waals surface area contributed by atoms with Gasteiger partial charge in [-0.3, -0.25) is 9.13 Å². The van der Waals surface area contributed by atoms with Gasteiger partial charge in [-0.25, -0.2) is 23.4 Å². The first-order chi connectivity index (χ1) is 13.2. The van der Waals surface area contributed by atoms with E-state index in [4.69, 9.17) is 4.74 Å². The van der Waals surface area contributed by atoms with Crippen molar-refractivity contribution in [2.45, 2.75) is 25.8 Å². The molecule has 146 valence electrons. The molecule has 0 spiro atoms. The van der Waals surface area contributed by atoms with Crippen molar-refractivity contribution in [3.8, 4) is 11.3 Å². The fourth-order valence-corrected chi connectivity index (χ4v) is 3.43. The summed E-state index contributed by atoms with van der Waals surface area (Å²) in [5.41, 5.74) is 3.17. The van der Waals surface area contributed by atoms with Crippen LogP contribution >= 0.6 is 0 Å². The van der Waals surface area contributed by atoms with Gasteiger partial charge in [0, 0.05) is 31.5 Å². The third kappa shape index (κ3) is 2.89. The molecule has 1 atom stereocenters. The Morgan fingerprint density at radius 3 is 2.68 bits per heavy atom. The Bertz CT molecular complexity index is 1160. The van der Waals surface area contributed by atoms with Gasteiger partial charge < -0.3 is 4.74 Å². The number of imidazole rings is 1. The molecule has 0 saturated heterocycles. The Morgan fingerprint density at radius 2 is 2.04 bits per heavy atom. The third-order valence-corrected chi connectivity index (χ3v) is 5.27. The average molecular weight is 387 g/mol. The number of aromatic nitrogens is 3. The standard InChI is InChI=1S/C20H19F2N3O3/c1-11-4-5-12(18(26)28-3)8-14(11)15-6-7-16-17(23-15)24(2)19(27)25(16)10-13-9-20(13,21)22/h4-8,13H,9-10H2,1-3H3. The Kier molecular flexibility index (Phi) is 4.10. The summed E-state index contributed by atoms with van der Waals surface area (Å²) in [6, 6.07) is 8.60. The quantitative estimate of drug-likeness (QED) is 0.645. The van der Waals surface area contributed by atoms with E-state index in [1.807, 2.05) is 6.92 Å². The number of carbonyl (C=O) groups is 1. The minimum Gasteiger partial charge on any atom is -0.465 e. The van der Waals surface area contributed by atoms with Crippen LogP contribution in [0.1, 0.15) is 22.3 Å². The molecule has 1 aromatic carbocycles. The SMILES string of the molecule is COC(=O)c1ccc(C)c(-c2ccc3c(n2)n(C)c(=O)n3CC2CC2(F)F)c1. The molecule has 0 radical (unpaired) electrons. The molecule has 2 aromatic heterocycles. The molecule has 1 aliphatic carbocycles. The number of ether oxygens (including phenoxy) is 1. The molecule has 3 aromatic rings. The van der Waals surface area contributed by atoms with Crippen molar-refractivity contribution in [3.63, 3.8) is 0 Å². The normalized spacial score (nSPS) is 17.7. The summed E-state index contributed by atoms with van der Waals surface area (Å²) in [5.74, 6) is -3.96. The lowest BCUT2D eigenvalue weighted by Gasteiger charge is -2.08. The van der Waals surface area contributed by atoms with Crippen molar-refractivity contribution in [1.29, 1.82) is 0 Å². The molecule has 4 rings (SSSR count). The summed E-state index contributed by atoms with van der Waals surface area (Å²) >= 11 is 0. The zero-order valence-electron chi connectivity index (χ0n) is 15.7. The first kappa shape index (κ1) is 18.3. The van der Waals surface area contributed by atoms with E-state index in [0.29, 0.717) is 22.4 Å². The lowest BCUT2D eigenvalue weighted by Crippen LogP contribution is -2.23. The van der Waals surface area contributed by atoms with Gasteiger partial charge in [0.2, 0.25) is 0 Å². The summed E-state index contributed by atoms with van der Waals surface area (Å²) in [5, 5.41) is 0. The number of aryl methyl sites for hydroxylation is 2. The van der Waals surface area contributed by atoms with Gasteiger partial charge in [-0.05, 0) is 36.8 Å². The molecular formula is C20H19F2N3O3. The van der Waals surface area contributed by atoms with Gasteiger partial charge in [-0.15, -0.1) is 0 Å². The Labute approximate surface area is 159 Å². The van der Waals surface area contributed by atoms with Crippen LogP contribution in [0.25, 0.3) is 22.4 Å². The number of hydrogen-bond donors (Lipinski definition) is 0. The number of alkyl halides is 2. The summed E-state index contributed by atoms with van der Waals surface area (Å²) < 4.78 is 34.1. The summed E-state index contributed by atoms with van der Waals surface area (Å²) in [4.78, 5) is 29.0. The van der Waals surface area contributed by atoms with Gasteiger partial charge in [-0.1, -0.05) is 6.07 Å². The highest BCUT2D eigenvalue weighted by molar-refractivity contribution is 5.91. The van der Waals surface area contributed by atoms with Crippen LogP contribution in [0.3, 0.4) is 0 Å². The molecule has 1 saturated carbocycles. The van der Waals surface area contributed by atoms with E-state index in [1.54, 1.807) is 37.4 Å². The number of carbonyl (C=O) groups excluding carboxylic acids is 1. The molecule has 1 unspecified atom stereocenters. The Morgan fingerprint density at radius 1 is 1.32 bits per heavy atom. The number of benzene rings is 1. The molecule has 6 nitrogen and oxygen atoms in total. The van der Waals surface area contributed by atoms with E-state index in [9.17, 15) is 18.4 Å². The van der Waals surface area contributed by atoms with Crippen molar-refractivity contribution in [2.24, 2.45) is 13.0 Å². The largest absolute Gasteiger partial charge is 0.465 e. The predicted molar refractivity (Wildman–Crippen MR) is 99.5 cm³/mol. The van der Waals surface area contributed by atoms with Gasteiger partial charge in [0.25, 0.3) is 5.92 Å². The van der Waals surface area contributed by atoms with Crippen LogP contribution in [0, 0.1) is 12.8 Å². The van der Waals surface area contributed by atoms with Gasteiger partial charge in [0.1, 0.15) is 0 Å². The molecule has 1 aliphatic rings. The third-order valence-electron chi connectivity index (χ3n) is 5.27. The fraction of sp³-hybridized carbons (Fsp3) is 0.350. The zero-order chi connectivity index (χ0) is 20.2. The number of nitrogens with zero attached hydrogens (tertiary/aromatic N) is 3. The molecule has 2 heterocycles. The Balaban J connectivity index is 1.80. The van der Waals surface area contributed by atoms with Crippen molar-refractivity contribution >= 4 is 17.1 Å². The van der Waals surface area contributed by atoms with Crippen molar-refractivity contribution in [3.05, 3.63) is 51.9 Å². The van der Waals surface area contributed by atoms with Crippen molar-refractivity contribution < 1.29 is 18.3 Å². The number of esters is 1. The fourth-order valence-electron chi connectivity index (χ4n) is 3.43. The predicted octanol–water partition coefficient (Wildman–Crippen LogP) is 3.15. The molecule has 8 heteroatoms. The highest BCUT2D eigenvalue weighted by Gasteiger charge is 2.57. The minimum atomic E-state index is -2.69. The second-order valence-electron chi connectivity index (χ2n) is 7.17. The summed E-state index contributed by atoms with van der Waals surface area (Å²) in [7, 11) is 2.88. The molecule has 0 bridgehead atoms. The van der Waals surface area contributed by atoms with Crippen LogP contribution < -0.4 is 5.69 Å². The van der Waals surface area contributed by atoms with E-state index in [2.05, 4.69) is 4.98 Å². The maximum atomic E-state index is 13.3. The molecule has 1 fully saturated rings. The second kappa shape index (κ2) is 6.25. The van der Waals surface area contributed by atoms with Gasteiger partial charge in [0.15, 0.2) is 5.65 Å². The highest BCUT2D eigenvalue weighted by atomic mass is 19.3. The van der Waals surface area contributed by atoms with Crippen LogP contribution in [0.15, 0.2) is 35.1 Å². The number of rotatable bonds is 4. The van der Waals surface area contributed by atoms with Gasteiger partial charge in [-0.2, -0.15) is 0 Å². The van der Waals surface area contributed by atoms with Gasteiger partial charge in [0.05, 0.1) is 23.9 Å². The van der Waals surface area contributed by atoms with E-state index in [0.717, 1.165) is 11.1 Å². The zero-order valence-corrected chi connectivity index (χ0v) is 15.7. The smallest absolute Gasteiger partial charge is 0.337 e. The van der Waals surface area contributed by atoms with Gasteiger partial charge >= 0.3 is 11.7 Å². The maximum Gasteiger partial charge on any atom is 0.337 e. The molecule has 0 aliphatic heterocycles. The number of fused-ring (bicyclic) bond motifs is 1. The molecular weight excluding hydrogens is 368 g/mol. The van der Waals surface area contributed by atoms with E-state index < -0.39 is 17.8 Å².